The fourth-order valence-corrected chi connectivity index (χ4v) is 8.71. The molecule has 0 spiro atoms. The second-order valence-corrected chi connectivity index (χ2v) is 14.0. The molecular weight excluding hydrogens is 364 g/mol. The Hall–Kier alpha value is 0.800. The van der Waals surface area contributed by atoms with Crippen molar-refractivity contribution < 1.29 is 9.13 Å². The molecule has 0 radical (unpaired) electrons. The molecule has 0 N–H and O–H groups in total. The van der Waals surface area contributed by atoms with Crippen LogP contribution in [0.15, 0.2) is 24.3 Å². The van der Waals surface area contributed by atoms with E-state index in [1.165, 1.54) is 0 Å². The molecule has 0 fully saturated rings. The number of hydrogen-bond donors (Lipinski definition) is 0. The summed E-state index contributed by atoms with van der Waals surface area (Å²) in [6.45, 7) is 0. The topological polar surface area (TPSA) is 34.1 Å². The lowest BCUT2D eigenvalue weighted by atomic mass is 10.3. The Balaban J connectivity index is 2.94. The Bertz CT molecular complexity index is 671. The Morgan fingerprint density at radius 3 is 2.06 bits per heavy atom. The third kappa shape index (κ3) is 2.87. The Morgan fingerprint density at radius 1 is 0.941 bits per heavy atom. The summed E-state index contributed by atoms with van der Waals surface area (Å²) >= 11 is 23.7. The van der Waals surface area contributed by atoms with Crippen molar-refractivity contribution in [3.05, 3.63) is 24.3 Å². The molecule has 1 aromatic heterocycles. The van der Waals surface area contributed by atoms with Crippen LogP contribution in [0.25, 0.3) is 10.1 Å². The highest BCUT2D eigenvalue weighted by atomic mass is 35.9. The molecule has 0 amide bonds. The quantitative estimate of drug-likeness (QED) is 0.657. The van der Waals surface area contributed by atoms with Crippen LogP contribution in [0, 0.1) is 0 Å². The predicted molar refractivity (Wildman–Crippen MR) is 79.7 cm³/mol. The first kappa shape index (κ1) is 14.2. The summed E-state index contributed by atoms with van der Waals surface area (Å²) in [5, 5.41) is 0.664. The molecule has 92 valence electrons. The van der Waals surface area contributed by atoms with Crippen LogP contribution < -0.4 is 9.92 Å². The van der Waals surface area contributed by atoms with Gasteiger partial charge in [0.1, 0.15) is 4.62 Å². The molecule has 0 bridgehead atoms. The minimum atomic E-state index is -3.64. The standard InChI is InChI=1S/C8H4Cl4O2P2S/c9-15(10,13)7-5-3-1-2-4-6(5)17-8(7)16(11,12)14/h1-4H. The van der Waals surface area contributed by atoms with Gasteiger partial charge in [0.25, 0.3) is 11.7 Å². The van der Waals surface area contributed by atoms with E-state index in [9.17, 15) is 9.13 Å². The van der Waals surface area contributed by atoms with Gasteiger partial charge in [-0.1, -0.05) is 18.2 Å². The molecule has 2 nitrogen and oxygen atoms in total. The molecule has 1 heterocycles. The summed E-state index contributed by atoms with van der Waals surface area (Å²) in [5.41, 5.74) is 0. The minimum absolute atomic E-state index is 0.0924. The normalized spacial score (nSPS) is 13.2. The average Bonchev–Trinajstić information content (AvgIpc) is 2.54. The zero-order valence-electron chi connectivity index (χ0n) is 7.94. The van der Waals surface area contributed by atoms with Crippen LogP contribution in [0.5, 0.6) is 0 Å². The van der Waals surface area contributed by atoms with Crippen LogP contribution in [-0.2, 0) is 9.13 Å². The summed E-state index contributed by atoms with van der Waals surface area (Å²) in [7, 11) is 0. The monoisotopic (exact) mass is 366 g/mol. The first-order valence-electron chi connectivity index (χ1n) is 4.22. The number of hydrogen-bond acceptors (Lipinski definition) is 3. The van der Waals surface area contributed by atoms with Crippen molar-refractivity contribution in [2.45, 2.75) is 0 Å². The van der Waals surface area contributed by atoms with Gasteiger partial charge in [0.2, 0.25) is 0 Å². The summed E-state index contributed by atoms with van der Waals surface area (Å²) in [6, 6.07) is 6.97. The summed E-state index contributed by atoms with van der Waals surface area (Å²) < 4.78 is 24.4. The highest BCUT2D eigenvalue weighted by Crippen LogP contribution is 2.63. The van der Waals surface area contributed by atoms with Crippen molar-refractivity contribution in [2.24, 2.45) is 0 Å². The number of halogens is 4. The van der Waals surface area contributed by atoms with E-state index in [0.29, 0.717) is 5.39 Å². The van der Waals surface area contributed by atoms with Gasteiger partial charge in [-0.2, -0.15) is 0 Å². The fourth-order valence-electron chi connectivity index (χ4n) is 1.45. The molecule has 0 saturated carbocycles. The van der Waals surface area contributed by atoms with Crippen molar-refractivity contribution in [3.63, 3.8) is 0 Å². The maximum Gasteiger partial charge on any atom is 0.292 e. The fraction of sp³-hybridized carbons (Fsp3) is 0. The molecule has 0 aliphatic heterocycles. The van der Waals surface area contributed by atoms with E-state index in [4.69, 9.17) is 45.0 Å². The second kappa shape index (κ2) is 4.72. The van der Waals surface area contributed by atoms with Gasteiger partial charge in [0.15, 0.2) is 0 Å². The lowest BCUT2D eigenvalue weighted by Crippen LogP contribution is -2.13. The molecule has 9 heteroatoms. The molecule has 0 saturated heterocycles. The Kier molecular flexibility index (Phi) is 3.95. The summed E-state index contributed by atoms with van der Waals surface area (Å²) in [6.07, 6.45) is 0. The van der Waals surface area contributed by atoms with Gasteiger partial charge in [0.05, 0.1) is 5.30 Å². The van der Waals surface area contributed by atoms with Crippen LogP contribution in [0.2, 0.25) is 0 Å². The van der Waals surface area contributed by atoms with E-state index in [-0.39, 0.29) is 9.92 Å². The van der Waals surface area contributed by atoms with Gasteiger partial charge in [0, 0.05) is 10.1 Å². The molecule has 2 rings (SSSR count). The number of thiophene rings is 1. The van der Waals surface area contributed by atoms with Crippen LogP contribution in [0.1, 0.15) is 0 Å². The van der Waals surface area contributed by atoms with Crippen LogP contribution >= 0.6 is 68.0 Å². The highest BCUT2D eigenvalue weighted by Gasteiger charge is 2.34. The van der Waals surface area contributed by atoms with Gasteiger partial charge in [-0.25, -0.2) is 0 Å². The lowest BCUT2D eigenvalue weighted by Gasteiger charge is -2.05. The first-order valence-corrected chi connectivity index (χ1v) is 12.1. The number of fused-ring (bicyclic) bond motifs is 1. The molecule has 0 unspecified atom stereocenters. The van der Waals surface area contributed by atoms with Crippen LogP contribution in [-0.4, -0.2) is 0 Å². The van der Waals surface area contributed by atoms with Crippen molar-refractivity contribution in [1.82, 2.24) is 0 Å². The second-order valence-electron chi connectivity index (χ2n) is 3.18. The van der Waals surface area contributed by atoms with Crippen LogP contribution in [0.3, 0.4) is 0 Å². The zero-order chi connectivity index (χ0) is 12.8. The lowest BCUT2D eigenvalue weighted by molar-refractivity contribution is 0.596. The van der Waals surface area contributed by atoms with Crippen LogP contribution in [0.4, 0.5) is 0 Å². The van der Waals surface area contributed by atoms with Gasteiger partial charge in [-0.05, 0) is 51.0 Å². The average molecular weight is 368 g/mol. The maximum atomic E-state index is 11.9. The van der Waals surface area contributed by atoms with E-state index >= 15 is 0 Å². The van der Waals surface area contributed by atoms with Gasteiger partial charge >= 0.3 is 0 Å². The third-order valence-corrected chi connectivity index (χ3v) is 8.71. The maximum absolute atomic E-state index is 11.9. The Morgan fingerprint density at radius 2 is 1.53 bits per heavy atom. The minimum Gasteiger partial charge on any atom is -0.284 e. The molecule has 0 aliphatic rings. The van der Waals surface area contributed by atoms with Crippen molar-refractivity contribution in [1.29, 1.82) is 0 Å². The Labute approximate surface area is 121 Å². The SMILES string of the molecule is O=P(Cl)(Cl)c1sc2ccccc2c1P(=O)(Cl)Cl. The molecule has 0 atom stereocenters. The zero-order valence-corrected chi connectivity index (χ0v) is 13.6. The number of rotatable bonds is 2. The molecule has 17 heavy (non-hydrogen) atoms. The summed E-state index contributed by atoms with van der Waals surface area (Å²) in [4.78, 5) is 0. The largest absolute Gasteiger partial charge is 0.292 e. The molecule has 0 aliphatic carbocycles. The van der Waals surface area contributed by atoms with Crippen molar-refractivity contribution in [3.8, 4) is 0 Å². The highest BCUT2D eigenvalue weighted by molar-refractivity contribution is 8.19. The van der Waals surface area contributed by atoms with E-state index in [1.807, 2.05) is 0 Å². The van der Waals surface area contributed by atoms with Gasteiger partial charge in [-0.15, -0.1) is 11.3 Å². The molecule has 2 aromatic rings. The smallest absolute Gasteiger partial charge is 0.284 e. The van der Waals surface area contributed by atoms with Crippen molar-refractivity contribution in [2.75, 3.05) is 0 Å². The predicted octanol–water partition coefficient (Wildman–Crippen LogP) is 5.49. The summed E-state index contributed by atoms with van der Waals surface area (Å²) in [5.74, 6) is -7.24. The van der Waals surface area contributed by atoms with Gasteiger partial charge in [-0.3, -0.25) is 9.13 Å². The first-order chi connectivity index (χ1) is 7.71. The van der Waals surface area contributed by atoms with Crippen molar-refractivity contribution >= 4 is 88.0 Å². The third-order valence-electron chi connectivity index (χ3n) is 2.05. The van der Waals surface area contributed by atoms with E-state index in [2.05, 4.69) is 0 Å². The molecule has 1 aromatic carbocycles. The number of benzene rings is 1. The van der Waals surface area contributed by atoms with E-state index in [0.717, 1.165) is 16.0 Å². The van der Waals surface area contributed by atoms with Gasteiger partial charge < -0.3 is 0 Å². The molecular formula is C8H4Cl4O2P2S. The van der Waals surface area contributed by atoms with E-state index < -0.39 is 11.7 Å². The van der Waals surface area contributed by atoms with E-state index in [1.54, 1.807) is 24.3 Å².